The van der Waals surface area contributed by atoms with Crippen molar-refractivity contribution in [1.29, 1.82) is 0 Å². The SMILES string of the molecule is C=C[C@@H]1C[C@]1(NC(=O)[C@@H]1C[C@@H](Oc2nccc3ccccc23)CN1C(=O)[C@@H](NC(=O)OCCCCCC)C(C)(C)C)C(=O)NS(=O)(=O)C1CC1. The van der Waals surface area contributed by atoms with E-state index in [2.05, 4.69) is 33.8 Å². The minimum absolute atomic E-state index is 0.0116. The van der Waals surface area contributed by atoms with Gasteiger partial charge in [0.1, 0.15) is 23.7 Å². The number of ether oxygens (including phenoxy) is 2. The van der Waals surface area contributed by atoms with E-state index in [-0.39, 0.29) is 26.0 Å². The minimum atomic E-state index is -3.88. The van der Waals surface area contributed by atoms with Gasteiger partial charge in [-0.15, -0.1) is 6.58 Å². The molecule has 1 aliphatic heterocycles. The molecule has 3 N–H and O–H groups in total. The molecular weight excluding hydrogens is 662 g/mol. The molecule has 50 heavy (non-hydrogen) atoms. The van der Waals surface area contributed by atoms with Crippen LogP contribution in [0.2, 0.25) is 0 Å². The monoisotopic (exact) mass is 711 g/mol. The molecule has 5 atom stereocenters. The van der Waals surface area contributed by atoms with Gasteiger partial charge in [-0.05, 0) is 48.6 Å². The molecule has 13 nitrogen and oxygen atoms in total. The zero-order valence-electron chi connectivity index (χ0n) is 29.3. The van der Waals surface area contributed by atoms with E-state index in [4.69, 9.17) is 9.47 Å². The summed E-state index contributed by atoms with van der Waals surface area (Å²) in [5.74, 6) is -2.17. The maximum absolute atomic E-state index is 14.4. The Kier molecular flexibility index (Phi) is 11.1. The predicted molar refractivity (Wildman–Crippen MR) is 187 cm³/mol. The summed E-state index contributed by atoms with van der Waals surface area (Å²) in [7, 11) is -3.88. The first-order valence-corrected chi connectivity index (χ1v) is 19.0. The number of likely N-dealkylation sites (tertiary alicyclic amines) is 1. The highest BCUT2D eigenvalue weighted by Crippen LogP contribution is 2.45. The summed E-state index contributed by atoms with van der Waals surface area (Å²) in [5.41, 5.74) is -2.31. The fourth-order valence-corrected chi connectivity index (χ4v) is 7.77. The normalized spacial score (nSPS) is 23.8. The lowest BCUT2D eigenvalue weighted by Gasteiger charge is -2.35. The van der Waals surface area contributed by atoms with Crippen LogP contribution in [-0.2, 0) is 29.1 Å². The molecule has 4 amide bonds. The first-order valence-electron chi connectivity index (χ1n) is 17.4. The number of hydrogen-bond donors (Lipinski definition) is 3. The highest BCUT2D eigenvalue weighted by molar-refractivity contribution is 7.91. The van der Waals surface area contributed by atoms with Gasteiger partial charge in [0.15, 0.2) is 0 Å². The van der Waals surface area contributed by atoms with Crippen LogP contribution in [0.5, 0.6) is 5.88 Å². The molecule has 1 aromatic carbocycles. The summed E-state index contributed by atoms with van der Waals surface area (Å²) in [5, 5.41) is 6.55. The third-order valence-electron chi connectivity index (χ3n) is 9.62. The van der Waals surface area contributed by atoms with Gasteiger partial charge in [-0.1, -0.05) is 71.2 Å². The highest BCUT2D eigenvalue weighted by atomic mass is 32.2. The Labute approximate surface area is 294 Å². The number of benzene rings is 1. The Bertz CT molecular complexity index is 1720. The van der Waals surface area contributed by atoms with Crippen molar-refractivity contribution in [3.05, 3.63) is 49.2 Å². The second-order valence-electron chi connectivity index (χ2n) is 14.6. The van der Waals surface area contributed by atoms with Crippen molar-refractivity contribution in [2.45, 2.75) is 108 Å². The van der Waals surface area contributed by atoms with E-state index in [0.717, 1.165) is 30.0 Å². The number of pyridine rings is 1. The Morgan fingerprint density at radius 3 is 2.52 bits per heavy atom. The Balaban J connectivity index is 1.39. The molecular formula is C36H49N5O8S. The number of amides is 4. The molecule has 0 bridgehead atoms. The van der Waals surface area contributed by atoms with E-state index in [1.165, 1.54) is 11.0 Å². The maximum Gasteiger partial charge on any atom is 0.407 e. The van der Waals surface area contributed by atoms with E-state index >= 15 is 0 Å². The van der Waals surface area contributed by atoms with Gasteiger partial charge in [0, 0.05) is 23.9 Å². The van der Waals surface area contributed by atoms with Gasteiger partial charge in [-0.3, -0.25) is 19.1 Å². The Hall–Kier alpha value is -4.20. The van der Waals surface area contributed by atoms with Crippen molar-refractivity contribution in [2.24, 2.45) is 11.3 Å². The second kappa shape index (κ2) is 15.0. The maximum atomic E-state index is 14.4. The molecule has 272 valence electrons. The molecule has 2 heterocycles. The molecule has 3 fully saturated rings. The van der Waals surface area contributed by atoms with Crippen molar-refractivity contribution in [1.82, 2.24) is 25.2 Å². The molecule has 0 unspecified atom stereocenters. The van der Waals surface area contributed by atoms with Crippen molar-refractivity contribution < 1.29 is 37.1 Å². The average Bonchev–Trinajstić information content (AvgIpc) is 4.00. The molecule has 2 aliphatic carbocycles. The number of alkyl carbamates (subject to hydrolysis) is 1. The molecule has 5 rings (SSSR count). The first kappa shape index (κ1) is 37.1. The van der Waals surface area contributed by atoms with Gasteiger partial charge in [-0.2, -0.15) is 0 Å². The molecule has 3 aliphatic rings. The fourth-order valence-electron chi connectivity index (χ4n) is 6.41. The van der Waals surface area contributed by atoms with Crippen molar-refractivity contribution in [3.63, 3.8) is 0 Å². The smallest absolute Gasteiger partial charge is 0.407 e. The third kappa shape index (κ3) is 8.39. The predicted octanol–water partition coefficient (Wildman–Crippen LogP) is 3.97. The van der Waals surface area contributed by atoms with Crippen LogP contribution in [0.3, 0.4) is 0 Å². The number of nitrogens with zero attached hydrogens (tertiary/aromatic N) is 2. The molecule has 14 heteroatoms. The summed E-state index contributed by atoms with van der Waals surface area (Å²) in [4.78, 5) is 60.7. The van der Waals surface area contributed by atoms with E-state index in [1.54, 1.807) is 27.0 Å². The Morgan fingerprint density at radius 1 is 1.12 bits per heavy atom. The van der Waals surface area contributed by atoms with Gasteiger partial charge in [-0.25, -0.2) is 18.2 Å². The van der Waals surface area contributed by atoms with E-state index in [9.17, 15) is 27.6 Å². The summed E-state index contributed by atoms with van der Waals surface area (Å²) in [6.07, 6.45) is 6.55. The van der Waals surface area contributed by atoms with Gasteiger partial charge in [0.05, 0.1) is 18.4 Å². The van der Waals surface area contributed by atoms with Crippen molar-refractivity contribution in [3.8, 4) is 5.88 Å². The van der Waals surface area contributed by atoms with E-state index in [0.29, 0.717) is 25.1 Å². The van der Waals surface area contributed by atoms with Crippen LogP contribution in [0.1, 0.15) is 79.1 Å². The van der Waals surface area contributed by atoms with Gasteiger partial charge >= 0.3 is 6.09 Å². The Morgan fingerprint density at radius 2 is 1.86 bits per heavy atom. The first-order chi connectivity index (χ1) is 23.7. The lowest BCUT2D eigenvalue weighted by atomic mass is 9.85. The molecule has 2 saturated carbocycles. The number of aromatic nitrogens is 1. The fraction of sp³-hybridized carbons (Fsp3) is 0.583. The number of rotatable bonds is 15. The van der Waals surface area contributed by atoms with Crippen molar-refractivity contribution >= 4 is 44.6 Å². The standard InChI is InChI=1S/C36H49N5O8S/c1-6-8-9-12-19-48-34(45)38-29(35(3,4)5)32(43)41-22-25(49-31-27-14-11-10-13-23(27)17-18-37-31)20-28(41)30(42)39-36(21-24(36)7-2)33(44)40-50(46,47)26-15-16-26/h7,10-11,13-14,17-18,24-26,28-29H,2,6,8-9,12,15-16,19-22H2,1,3-5H3,(H,38,45)(H,39,42)(H,40,44)/t24-,25-,28+,29-,36-/m1/s1. The molecule has 1 saturated heterocycles. The summed E-state index contributed by atoms with van der Waals surface area (Å²) >= 11 is 0. The third-order valence-corrected chi connectivity index (χ3v) is 11.4. The highest BCUT2D eigenvalue weighted by Gasteiger charge is 2.62. The number of nitrogens with one attached hydrogen (secondary N) is 3. The molecule has 0 radical (unpaired) electrons. The average molecular weight is 712 g/mol. The molecule has 0 spiro atoms. The zero-order chi connectivity index (χ0) is 36.3. The largest absolute Gasteiger partial charge is 0.472 e. The van der Waals surface area contributed by atoms with Crippen LogP contribution in [0.4, 0.5) is 4.79 Å². The van der Waals surface area contributed by atoms with Crippen LogP contribution in [0.15, 0.2) is 49.2 Å². The van der Waals surface area contributed by atoms with Crippen molar-refractivity contribution in [2.75, 3.05) is 13.2 Å². The zero-order valence-corrected chi connectivity index (χ0v) is 30.1. The van der Waals surface area contributed by atoms with Crippen LogP contribution in [0.25, 0.3) is 10.8 Å². The second-order valence-corrected chi connectivity index (χ2v) is 16.6. The van der Waals surface area contributed by atoms with E-state index < -0.39 is 74.1 Å². The quantitative estimate of drug-likeness (QED) is 0.183. The molecule has 1 aromatic heterocycles. The number of carbonyl (C=O) groups is 4. The van der Waals surface area contributed by atoms with Crippen LogP contribution in [-0.4, -0.2) is 84.2 Å². The van der Waals surface area contributed by atoms with E-state index in [1.807, 2.05) is 30.3 Å². The van der Waals surface area contributed by atoms with Gasteiger partial charge < -0.3 is 25.0 Å². The number of carbonyl (C=O) groups excluding carboxylic acids is 4. The number of hydrogen-bond acceptors (Lipinski definition) is 9. The van der Waals surface area contributed by atoms with Crippen LogP contribution < -0.4 is 20.1 Å². The summed E-state index contributed by atoms with van der Waals surface area (Å²) < 4.78 is 39.2. The number of sulfonamides is 1. The minimum Gasteiger partial charge on any atom is -0.472 e. The number of fused-ring (bicyclic) bond motifs is 1. The van der Waals surface area contributed by atoms with Gasteiger partial charge in [0.25, 0.3) is 5.91 Å². The molecule has 2 aromatic rings. The lowest BCUT2D eigenvalue weighted by molar-refractivity contribution is -0.142. The summed E-state index contributed by atoms with van der Waals surface area (Å²) in [6, 6.07) is 7.22. The van der Waals surface area contributed by atoms with Crippen LogP contribution in [0, 0.1) is 11.3 Å². The van der Waals surface area contributed by atoms with Gasteiger partial charge in [0.2, 0.25) is 27.7 Å². The lowest BCUT2D eigenvalue weighted by Crippen LogP contribution is -2.60. The van der Waals surface area contributed by atoms with Crippen LogP contribution >= 0.6 is 0 Å². The summed E-state index contributed by atoms with van der Waals surface area (Å²) in [6.45, 7) is 11.5. The topological polar surface area (TPSA) is 173 Å². The number of unbranched alkanes of at least 4 members (excludes halogenated alkanes) is 3.